The molecule has 0 aliphatic heterocycles. The van der Waals surface area contributed by atoms with Crippen LogP contribution in [-0.4, -0.2) is 7.05 Å². The quantitative estimate of drug-likeness (QED) is 0.662. The summed E-state index contributed by atoms with van der Waals surface area (Å²) in [5.41, 5.74) is 2.27. The third-order valence-corrected chi connectivity index (χ3v) is 5.34. The summed E-state index contributed by atoms with van der Waals surface area (Å²) in [5, 5.41) is 6.78. The number of thiophene rings is 1. The van der Waals surface area contributed by atoms with Crippen LogP contribution in [0.25, 0.3) is 10.1 Å². The van der Waals surface area contributed by atoms with Crippen LogP contribution < -0.4 is 5.32 Å². The van der Waals surface area contributed by atoms with Gasteiger partial charge in [-0.25, -0.2) is 4.39 Å². The van der Waals surface area contributed by atoms with Gasteiger partial charge in [0.05, 0.1) is 4.47 Å². The number of halogens is 2. The standard InChI is InChI=1S/C17H15BrFNS/c1-20-16(11-6-7-14(18)15(19)8-11)9-12-10-21-17-5-3-2-4-13(12)17/h2-8,10,16,20H,9H2,1H3. The number of fused-ring (bicyclic) bond motifs is 1. The van der Waals surface area contributed by atoms with Crippen LogP contribution in [-0.2, 0) is 6.42 Å². The molecule has 0 saturated heterocycles. The highest BCUT2D eigenvalue weighted by Crippen LogP contribution is 2.30. The van der Waals surface area contributed by atoms with Crippen LogP contribution in [0.2, 0.25) is 0 Å². The van der Waals surface area contributed by atoms with Gasteiger partial charge in [-0.1, -0.05) is 24.3 Å². The number of likely N-dealkylation sites (N-methyl/N-ethyl adjacent to an activating group) is 1. The predicted molar refractivity (Wildman–Crippen MR) is 91.4 cm³/mol. The highest BCUT2D eigenvalue weighted by molar-refractivity contribution is 9.10. The Kier molecular flexibility index (Phi) is 4.38. The summed E-state index contributed by atoms with van der Waals surface area (Å²) in [6.07, 6.45) is 0.849. The molecule has 1 nitrogen and oxygen atoms in total. The second kappa shape index (κ2) is 6.26. The first-order chi connectivity index (χ1) is 10.2. The molecular formula is C17H15BrFNS. The molecule has 21 heavy (non-hydrogen) atoms. The molecule has 3 aromatic rings. The van der Waals surface area contributed by atoms with Gasteiger partial charge in [-0.3, -0.25) is 0 Å². The second-order valence-electron chi connectivity index (χ2n) is 4.98. The van der Waals surface area contributed by atoms with Crippen molar-refractivity contribution in [1.29, 1.82) is 0 Å². The van der Waals surface area contributed by atoms with E-state index < -0.39 is 0 Å². The van der Waals surface area contributed by atoms with Crippen molar-refractivity contribution in [2.24, 2.45) is 0 Å². The zero-order chi connectivity index (χ0) is 14.8. The van der Waals surface area contributed by atoms with Crippen molar-refractivity contribution in [3.05, 3.63) is 69.3 Å². The lowest BCUT2D eigenvalue weighted by Crippen LogP contribution is -2.18. The predicted octanol–water partition coefficient (Wildman–Crippen LogP) is 5.31. The number of hydrogen-bond acceptors (Lipinski definition) is 2. The fraction of sp³-hybridized carbons (Fsp3) is 0.176. The topological polar surface area (TPSA) is 12.0 Å². The molecule has 4 heteroatoms. The molecule has 0 aliphatic rings. The first kappa shape index (κ1) is 14.7. The van der Waals surface area contributed by atoms with Crippen molar-refractivity contribution in [1.82, 2.24) is 5.32 Å². The van der Waals surface area contributed by atoms with Crippen LogP contribution in [0.4, 0.5) is 4.39 Å². The van der Waals surface area contributed by atoms with Gasteiger partial charge in [0.15, 0.2) is 0 Å². The minimum atomic E-state index is -0.220. The molecule has 1 aromatic heterocycles. The summed E-state index contributed by atoms with van der Waals surface area (Å²) in [6.45, 7) is 0. The Morgan fingerprint density at radius 3 is 2.81 bits per heavy atom. The van der Waals surface area contributed by atoms with Crippen LogP contribution in [0.1, 0.15) is 17.2 Å². The lowest BCUT2D eigenvalue weighted by molar-refractivity contribution is 0.577. The van der Waals surface area contributed by atoms with Crippen LogP contribution in [0, 0.1) is 5.82 Å². The average molecular weight is 364 g/mol. The summed E-state index contributed by atoms with van der Waals surface area (Å²) < 4.78 is 15.5. The average Bonchev–Trinajstić information content (AvgIpc) is 2.91. The van der Waals surface area contributed by atoms with Crippen LogP contribution in [0.5, 0.6) is 0 Å². The molecule has 0 aliphatic carbocycles. The van der Waals surface area contributed by atoms with E-state index in [1.807, 2.05) is 13.1 Å². The highest BCUT2D eigenvalue weighted by atomic mass is 79.9. The first-order valence-corrected chi connectivity index (χ1v) is 8.43. The van der Waals surface area contributed by atoms with Gasteiger partial charge in [0.2, 0.25) is 0 Å². The first-order valence-electron chi connectivity index (χ1n) is 6.76. The Morgan fingerprint density at radius 1 is 1.24 bits per heavy atom. The van der Waals surface area contributed by atoms with E-state index in [1.165, 1.54) is 15.6 Å². The van der Waals surface area contributed by atoms with E-state index in [0.29, 0.717) is 4.47 Å². The monoisotopic (exact) mass is 363 g/mol. The van der Waals surface area contributed by atoms with E-state index in [4.69, 9.17) is 0 Å². The molecule has 0 fully saturated rings. The Hall–Kier alpha value is -1.23. The van der Waals surface area contributed by atoms with Crippen LogP contribution in [0.15, 0.2) is 52.3 Å². The number of rotatable bonds is 4. The Labute approximate surface area is 135 Å². The molecule has 0 amide bonds. The van der Waals surface area contributed by atoms with Crippen molar-refractivity contribution in [3.63, 3.8) is 0 Å². The molecule has 2 aromatic carbocycles. The van der Waals surface area contributed by atoms with Crippen molar-refractivity contribution in [3.8, 4) is 0 Å². The maximum Gasteiger partial charge on any atom is 0.137 e. The second-order valence-corrected chi connectivity index (χ2v) is 6.74. The lowest BCUT2D eigenvalue weighted by Gasteiger charge is -2.17. The molecule has 1 N–H and O–H groups in total. The van der Waals surface area contributed by atoms with Gasteiger partial charge in [-0.05, 0) is 69.5 Å². The fourth-order valence-corrected chi connectivity index (χ4v) is 3.75. The van der Waals surface area contributed by atoms with Crippen molar-refractivity contribution in [2.45, 2.75) is 12.5 Å². The van der Waals surface area contributed by atoms with Gasteiger partial charge < -0.3 is 5.32 Å². The number of nitrogens with one attached hydrogen (secondary N) is 1. The maximum atomic E-state index is 13.7. The smallest absolute Gasteiger partial charge is 0.137 e. The molecular weight excluding hydrogens is 349 g/mol. The van der Waals surface area contributed by atoms with Gasteiger partial charge in [-0.2, -0.15) is 0 Å². The Morgan fingerprint density at radius 2 is 2.05 bits per heavy atom. The van der Waals surface area contributed by atoms with E-state index in [0.717, 1.165) is 12.0 Å². The lowest BCUT2D eigenvalue weighted by atomic mass is 9.98. The van der Waals surface area contributed by atoms with E-state index in [2.05, 4.69) is 50.9 Å². The minimum absolute atomic E-state index is 0.102. The summed E-state index contributed by atoms with van der Waals surface area (Å²) >= 11 is 4.96. The zero-order valence-corrected chi connectivity index (χ0v) is 14.0. The van der Waals surface area contributed by atoms with E-state index in [9.17, 15) is 4.39 Å². The SMILES string of the molecule is CNC(Cc1csc2ccccc12)c1ccc(Br)c(F)c1. The van der Waals surface area contributed by atoms with Crippen molar-refractivity contribution < 1.29 is 4.39 Å². The number of hydrogen-bond donors (Lipinski definition) is 1. The van der Waals surface area contributed by atoms with Crippen molar-refractivity contribution in [2.75, 3.05) is 7.05 Å². The Balaban J connectivity index is 1.92. The summed E-state index contributed by atoms with van der Waals surface area (Å²) in [6, 6.07) is 13.8. The van der Waals surface area contributed by atoms with Crippen LogP contribution in [0.3, 0.4) is 0 Å². The van der Waals surface area contributed by atoms with Gasteiger partial charge in [0, 0.05) is 10.7 Å². The molecule has 0 saturated carbocycles. The molecule has 108 valence electrons. The van der Waals surface area contributed by atoms with E-state index in [1.54, 1.807) is 23.5 Å². The largest absolute Gasteiger partial charge is 0.313 e. The van der Waals surface area contributed by atoms with Gasteiger partial charge >= 0.3 is 0 Å². The zero-order valence-electron chi connectivity index (χ0n) is 11.6. The van der Waals surface area contributed by atoms with E-state index in [-0.39, 0.29) is 11.9 Å². The fourth-order valence-electron chi connectivity index (χ4n) is 2.53. The van der Waals surface area contributed by atoms with E-state index >= 15 is 0 Å². The minimum Gasteiger partial charge on any atom is -0.313 e. The third-order valence-electron chi connectivity index (χ3n) is 3.68. The molecule has 0 bridgehead atoms. The Bertz CT molecular complexity index is 768. The van der Waals surface area contributed by atoms with Gasteiger partial charge in [-0.15, -0.1) is 11.3 Å². The highest BCUT2D eigenvalue weighted by Gasteiger charge is 2.14. The van der Waals surface area contributed by atoms with Crippen molar-refractivity contribution >= 4 is 37.4 Å². The van der Waals surface area contributed by atoms with Gasteiger partial charge in [0.1, 0.15) is 5.82 Å². The maximum absolute atomic E-state index is 13.7. The normalized spacial score (nSPS) is 12.7. The molecule has 1 atom stereocenters. The summed E-state index contributed by atoms with van der Waals surface area (Å²) in [4.78, 5) is 0. The molecule has 3 rings (SSSR count). The third kappa shape index (κ3) is 3.03. The molecule has 1 heterocycles. The summed E-state index contributed by atoms with van der Waals surface area (Å²) in [7, 11) is 1.92. The number of benzene rings is 2. The molecule has 0 radical (unpaired) electrons. The molecule has 1 unspecified atom stereocenters. The van der Waals surface area contributed by atoms with Crippen LogP contribution >= 0.6 is 27.3 Å². The summed E-state index contributed by atoms with van der Waals surface area (Å²) in [5.74, 6) is -0.220. The molecule has 0 spiro atoms. The van der Waals surface area contributed by atoms with Gasteiger partial charge in [0.25, 0.3) is 0 Å².